The van der Waals surface area contributed by atoms with E-state index in [-0.39, 0.29) is 34.3 Å². The van der Waals surface area contributed by atoms with E-state index in [4.69, 9.17) is 4.74 Å². The number of anilines is 2. The highest BCUT2D eigenvalue weighted by molar-refractivity contribution is 7.92. The van der Waals surface area contributed by atoms with Crippen LogP contribution in [-0.2, 0) is 14.8 Å². The highest BCUT2D eigenvalue weighted by Crippen LogP contribution is 2.33. The van der Waals surface area contributed by atoms with Crippen molar-refractivity contribution in [3.05, 3.63) is 58.1 Å². The number of nitro benzene ring substituents is 1. The number of hydrogen-bond donors (Lipinski definition) is 2. The van der Waals surface area contributed by atoms with Gasteiger partial charge in [0.05, 0.1) is 29.5 Å². The van der Waals surface area contributed by atoms with E-state index >= 15 is 0 Å². The molecule has 11 nitrogen and oxygen atoms in total. The predicted molar refractivity (Wildman–Crippen MR) is 120 cm³/mol. The zero-order valence-electron chi connectivity index (χ0n) is 17.8. The van der Waals surface area contributed by atoms with E-state index < -0.39 is 27.4 Å². The molecule has 0 atom stereocenters. The standard InChI is InChI=1S/C20H24N4O7S/c1-4-11-21-20(26)15-7-5-6-8-16(15)22-19(25)13-23(32(3,29)30)17-12-14(24(27)28)9-10-18(17)31-2/h5-10,12H,4,11,13H2,1-3H3,(H,21,26)(H,22,25). The first-order valence-electron chi connectivity index (χ1n) is 9.55. The van der Waals surface area contributed by atoms with Gasteiger partial charge in [-0.05, 0) is 24.6 Å². The summed E-state index contributed by atoms with van der Waals surface area (Å²) in [6.45, 7) is 1.66. The monoisotopic (exact) mass is 464 g/mol. The third kappa shape index (κ3) is 6.17. The molecular formula is C20H24N4O7S. The number of carbonyl (C=O) groups excluding carboxylic acids is 2. The summed E-state index contributed by atoms with van der Waals surface area (Å²) in [6.07, 6.45) is 1.60. The molecule has 0 radical (unpaired) electrons. The summed E-state index contributed by atoms with van der Waals surface area (Å²) in [5, 5.41) is 16.4. The highest BCUT2D eigenvalue weighted by Gasteiger charge is 2.26. The van der Waals surface area contributed by atoms with E-state index in [1.165, 1.54) is 25.3 Å². The Labute approximate surface area is 185 Å². The molecular weight excluding hydrogens is 440 g/mol. The van der Waals surface area contributed by atoms with Crippen molar-refractivity contribution < 1.29 is 27.7 Å². The Balaban J connectivity index is 2.36. The molecule has 2 aromatic rings. The number of sulfonamides is 1. The topological polar surface area (TPSA) is 148 Å². The maximum atomic E-state index is 12.7. The SMILES string of the molecule is CCCNC(=O)c1ccccc1NC(=O)CN(c1cc([N+](=O)[O-])ccc1OC)S(C)(=O)=O. The van der Waals surface area contributed by atoms with E-state index in [0.717, 1.165) is 24.8 Å². The summed E-state index contributed by atoms with van der Waals surface area (Å²) in [5.41, 5.74) is -0.111. The second-order valence-corrected chi connectivity index (χ2v) is 8.64. The van der Waals surface area contributed by atoms with Gasteiger partial charge in [-0.15, -0.1) is 0 Å². The van der Waals surface area contributed by atoms with Crippen LogP contribution in [0, 0.1) is 10.1 Å². The van der Waals surface area contributed by atoms with Crippen LogP contribution in [-0.4, -0.2) is 51.6 Å². The van der Waals surface area contributed by atoms with Crippen molar-refractivity contribution in [2.45, 2.75) is 13.3 Å². The smallest absolute Gasteiger partial charge is 0.271 e. The van der Waals surface area contributed by atoms with Gasteiger partial charge in [-0.25, -0.2) is 8.42 Å². The van der Waals surface area contributed by atoms with Gasteiger partial charge in [-0.3, -0.25) is 24.0 Å². The van der Waals surface area contributed by atoms with Crippen LogP contribution >= 0.6 is 0 Å². The molecule has 32 heavy (non-hydrogen) atoms. The molecule has 0 unspecified atom stereocenters. The van der Waals surface area contributed by atoms with E-state index in [9.17, 15) is 28.1 Å². The van der Waals surface area contributed by atoms with E-state index in [1.807, 2.05) is 6.92 Å². The number of non-ortho nitro benzene ring substituents is 1. The highest BCUT2D eigenvalue weighted by atomic mass is 32.2. The van der Waals surface area contributed by atoms with Crippen LogP contribution in [0.2, 0.25) is 0 Å². The van der Waals surface area contributed by atoms with E-state index in [1.54, 1.807) is 12.1 Å². The quantitative estimate of drug-likeness (QED) is 0.404. The predicted octanol–water partition coefficient (Wildman–Crippen LogP) is 2.15. The van der Waals surface area contributed by atoms with Gasteiger partial charge in [-0.1, -0.05) is 19.1 Å². The number of benzene rings is 2. The maximum Gasteiger partial charge on any atom is 0.271 e. The second kappa shape index (κ2) is 10.6. The number of nitrogens with zero attached hydrogens (tertiary/aromatic N) is 2. The van der Waals surface area contributed by atoms with Crippen LogP contribution in [0.25, 0.3) is 0 Å². The van der Waals surface area contributed by atoms with Gasteiger partial charge < -0.3 is 15.4 Å². The van der Waals surface area contributed by atoms with Crippen molar-refractivity contribution in [1.29, 1.82) is 0 Å². The Kier molecular flexibility index (Phi) is 8.13. The minimum Gasteiger partial charge on any atom is -0.495 e. The summed E-state index contributed by atoms with van der Waals surface area (Å²) < 4.78 is 30.7. The number of carbonyl (C=O) groups is 2. The molecule has 0 spiro atoms. The van der Waals surface area contributed by atoms with Gasteiger partial charge in [0.15, 0.2) is 0 Å². The molecule has 0 saturated carbocycles. The summed E-state index contributed by atoms with van der Waals surface area (Å²) in [7, 11) is -2.75. The Morgan fingerprint density at radius 2 is 1.88 bits per heavy atom. The van der Waals surface area contributed by atoms with Gasteiger partial charge in [0.2, 0.25) is 15.9 Å². The number of para-hydroxylation sites is 1. The number of nitro groups is 1. The molecule has 172 valence electrons. The fourth-order valence-electron chi connectivity index (χ4n) is 2.81. The fraction of sp³-hybridized carbons (Fsp3) is 0.300. The molecule has 0 fully saturated rings. The van der Waals surface area contributed by atoms with Gasteiger partial charge >= 0.3 is 0 Å². The Morgan fingerprint density at radius 1 is 1.19 bits per heavy atom. The Morgan fingerprint density at radius 3 is 2.47 bits per heavy atom. The maximum absolute atomic E-state index is 12.7. The Hall–Kier alpha value is -3.67. The summed E-state index contributed by atoms with van der Waals surface area (Å²) >= 11 is 0. The third-order valence-electron chi connectivity index (χ3n) is 4.31. The molecule has 0 aliphatic rings. The minimum atomic E-state index is -4.03. The number of nitrogens with one attached hydrogen (secondary N) is 2. The van der Waals surface area contributed by atoms with Crippen molar-refractivity contribution >= 4 is 38.9 Å². The van der Waals surface area contributed by atoms with Gasteiger partial charge in [-0.2, -0.15) is 0 Å². The lowest BCUT2D eigenvalue weighted by Crippen LogP contribution is -2.38. The number of amides is 2. The first-order valence-corrected chi connectivity index (χ1v) is 11.4. The molecule has 0 aromatic heterocycles. The average Bonchev–Trinajstić information content (AvgIpc) is 2.74. The first kappa shape index (κ1) is 24.6. The molecule has 2 N–H and O–H groups in total. The number of rotatable bonds is 10. The van der Waals surface area contributed by atoms with Crippen molar-refractivity contribution in [3.63, 3.8) is 0 Å². The molecule has 2 rings (SSSR count). The molecule has 0 aliphatic carbocycles. The van der Waals surface area contributed by atoms with E-state index in [0.29, 0.717) is 10.8 Å². The van der Waals surface area contributed by atoms with Crippen LogP contribution in [0.4, 0.5) is 17.1 Å². The summed E-state index contributed by atoms with van der Waals surface area (Å²) in [4.78, 5) is 35.5. The molecule has 0 bridgehead atoms. The average molecular weight is 465 g/mol. The second-order valence-electron chi connectivity index (χ2n) is 6.73. The largest absolute Gasteiger partial charge is 0.495 e. The number of hydrogen-bond acceptors (Lipinski definition) is 7. The molecule has 0 saturated heterocycles. The van der Waals surface area contributed by atoms with Crippen molar-refractivity contribution in [3.8, 4) is 5.75 Å². The Bertz CT molecular complexity index is 1120. The van der Waals surface area contributed by atoms with Crippen LogP contribution in [0.1, 0.15) is 23.7 Å². The van der Waals surface area contributed by atoms with Crippen LogP contribution in [0.15, 0.2) is 42.5 Å². The normalized spacial score (nSPS) is 10.8. The van der Waals surface area contributed by atoms with Crippen LogP contribution in [0.5, 0.6) is 5.75 Å². The van der Waals surface area contributed by atoms with Crippen molar-refractivity contribution in [2.75, 3.05) is 36.1 Å². The number of methoxy groups -OCH3 is 1. The molecule has 0 heterocycles. The fourth-order valence-corrected chi connectivity index (χ4v) is 3.66. The van der Waals surface area contributed by atoms with Crippen LogP contribution in [0.3, 0.4) is 0 Å². The third-order valence-corrected chi connectivity index (χ3v) is 5.44. The molecule has 0 aliphatic heterocycles. The van der Waals surface area contributed by atoms with Gasteiger partial charge in [0.1, 0.15) is 18.0 Å². The first-order chi connectivity index (χ1) is 15.1. The zero-order valence-corrected chi connectivity index (χ0v) is 18.6. The molecule has 2 aromatic carbocycles. The minimum absolute atomic E-state index is 0.0353. The van der Waals surface area contributed by atoms with Gasteiger partial charge in [0, 0.05) is 18.7 Å². The summed E-state index contributed by atoms with van der Waals surface area (Å²) in [6, 6.07) is 9.71. The van der Waals surface area contributed by atoms with Crippen molar-refractivity contribution in [2.24, 2.45) is 0 Å². The van der Waals surface area contributed by atoms with Crippen molar-refractivity contribution in [1.82, 2.24) is 5.32 Å². The molecule has 2 amide bonds. The lowest BCUT2D eigenvalue weighted by atomic mass is 10.1. The van der Waals surface area contributed by atoms with Crippen LogP contribution < -0.4 is 19.7 Å². The molecule has 12 heteroatoms. The zero-order chi connectivity index (χ0) is 23.9. The van der Waals surface area contributed by atoms with Gasteiger partial charge in [0.25, 0.3) is 11.6 Å². The lowest BCUT2D eigenvalue weighted by Gasteiger charge is -2.23. The lowest BCUT2D eigenvalue weighted by molar-refractivity contribution is -0.384. The number of ether oxygens (including phenoxy) is 1. The summed E-state index contributed by atoms with van der Waals surface area (Å²) in [5.74, 6) is -1.10. The van der Waals surface area contributed by atoms with E-state index in [2.05, 4.69) is 10.6 Å².